The summed E-state index contributed by atoms with van der Waals surface area (Å²) in [6.45, 7) is 3.01. The summed E-state index contributed by atoms with van der Waals surface area (Å²) >= 11 is 0. The van der Waals surface area contributed by atoms with Crippen molar-refractivity contribution in [1.29, 1.82) is 0 Å². The maximum absolute atomic E-state index is 13.2. The fourth-order valence-corrected chi connectivity index (χ4v) is 3.08. The molecular formula is C12H16FNO2S. The van der Waals surface area contributed by atoms with Gasteiger partial charge in [0.2, 0.25) is 0 Å². The van der Waals surface area contributed by atoms with Gasteiger partial charge in [-0.3, -0.25) is 4.21 Å². The highest BCUT2D eigenvalue weighted by Crippen LogP contribution is 2.28. The Labute approximate surface area is 103 Å². The Hall–Kier alpha value is -0.940. The molecule has 1 aliphatic heterocycles. The normalized spacial score (nSPS) is 19.4. The number of benzene rings is 1. The van der Waals surface area contributed by atoms with Crippen molar-refractivity contribution >= 4 is 16.5 Å². The zero-order chi connectivity index (χ0) is 12.4. The van der Waals surface area contributed by atoms with Crippen molar-refractivity contribution in [3.63, 3.8) is 0 Å². The highest BCUT2D eigenvalue weighted by molar-refractivity contribution is 7.85. The minimum absolute atomic E-state index is 0.342. The zero-order valence-corrected chi connectivity index (χ0v) is 10.5. The van der Waals surface area contributed by atoms with Crippen LogP contribution in [0.5, 0.6) is 0 Å². The van der Waals surface area contributed by atoms with Crippen molar-refractivity contribution < 1.29 is 13.7 Å². The number of hydrogen-bond acceptors (Lipinski definition) is 3. The lowest BCUT2D eigenvalue weighted by Crippen LogP contribution is -2.38. The van der Waals surface area contributed by atoms with E-state index in [0.717, 1.165) is 5.69 Å². The molecule has 5 heteroatoms. The predicted octanol–water partition coefficient (Wildman–Crippen LogP) is 1.45. The molecule has 94 valence electrons. The molecule has 0 aromatic heterocycles. The van der Waals surface area contributed by atoms with Gasteiger partial charge in [-0.25, -0.2) is 4.39 Å². The van der Waals surface area contributed by atoms with Crippen LogP contribution < -0.4 is 4.90 Å². The van der Waals surface area contributed by atoms with Crippen LogP contribution in [-0.2, 0) is 10.8 Å². The minimum Gasteiger partial charge on any atom is -0.389 e. The summed E-state index contributed by atoms with van der Waals surface area (Å²) in [5.41, 5.74) is 1.44. The van der Waals surface area contributed by atoms with E-state index in [4.69, 9.17) is 0 Å². The predicted molar refractivity (Wildman–Crippen MR) is 67.1 cm³/mol. The first kappa shape index (κ1) is 12.5. The van der Waals surface area contributed by atoms with Crippen LogP contribution in [0.1, 0.15) is 18.6 Å². The number of hydrogen-bond donors (Lipinski definition) is 1. The highest BCUT2D eigenvalue weighted by atomic mass is 32.2. The first-order valence-corrected chi connectivity index (χ1v) is 7.14. The molecule has 0 radical (unpaired) electrons. The summed E-state index contributed by atoms with van der Waals surface area (Å²) in [7, 11) is -0.735. The lowest BCUT2D eigenvalue weighted by atomic mass is 10.1. The second-order valence-electron chi connectivity index (χ2n) is 4.21. The number of aliphatic hydroxyl groups excluding tert-OH is 1. The Balaban J connectivity index is 2.28. The van der Waals surface area contributed by atoms with Gasteiger partial charge in [-0.1, -0.05) is 0 Å². The Bertz CT molecular complexity index is 427. The van der Waals surface area contributed by atoms with Crippen molar-refractivity contribution in [1.82, 2.24) is 0 Å². The smallest absolute Gasteiger partial charge is 0.123 e. The molecule has 0 spiro atoms. The van der Waals surface area contributed by atoms with E-state index >= 15 is 0 Å². The van der Waals surface area contributed by atoms with Gasteiger partial charge in [0.05, 0.1) is 6.10 Å². The van der Waals surface area contributed by atoms with Gasteiger partial charge >= 0.3 is 0 Å². The molecule has 1 N–H and O–H groups in total. The van der Waals surface area contributed by atoms with Crippen molar-refractivity contribution in [3.8, 4) is 0 Å². The molecule has 1 aromatic rings. The van der Waals surface area contributed by atoms with Crippen molar-refractivity contribution in [2.24, 2.45) is 0 Å². The van der Waals surface area contributed by atoms with E-state index in [1.807, 2.05) is 0 Å². The van der Waals surface area contributed by atoms with Gasteiger partial charge in [-0.2, -0.15) is 0 Å². The second kappa shape index (κ2) is 5.14. The molecule has 0 saturated carbocycles. The van der Waals surface area contributed by atoms with E-state index in [9.17, 15) is 13.7 Å². The summed E-state index contributed by atoms with van der Waals surface area (Å²) in [5, 5.41) is 9.66. The molecule has 1 atom stereocenters. The molecule has 0 unspecified atom stereocenters. The second-order valence-corrected chi connectivity index (χ2v) is 5.91. The quantitative estimate of drug-likeness (QED) is 0.871. The number of rotatable bonds is 2. The van der Waals surface area contributed by atoms with Crippen molar-refractivity contribution in [3.05, 3.63) is 29.6 Å². The summed E-state index contributed by atoms with van der Waals surface area (Å²) in [6.07, 6.45) is -0.701. The lowest BCUT2D eigenvalue weighted by Gasteiger charge is -2.30. The Morgan fingerprint density at radius 2 is 2.06 bits per heavy atom. The minimum atomic E-state index is -0.735. The molecular weight excluding hydrogens is 241 g/mol. The molecule has 1 fully saturated rings. The van der Waals surface area contributed by atoms with Gasteiger partial charge < -0.3 is 10.0 Å². The van der Waals surface area contributed by atoms with E-state index in [-0.39, 0.29) is 5.82 Å². The maximum Gasteiger partial charge on any atom is 0.123 e. The van der Waals surface area contributed by atoms with E-state index in [2.05, 4.69) is 4.90 Å². The third-order valence-electron chi connectivity index (χ3n) is 2.96. The number of halogens is 1. The Morgan fingerprint density at radius 3 is 2.65 bits per heavy atom. The largest absolute Gasteiger partial charge is 0.389 e. The first-order valence-electron chi connectivity index (χ1n) is 5.65. The lowest BCUT2D eigenvalue weighted by molar-refractivity contribution is 0.199. The molecule has 0 amide bonds. The summed E-state index contributed by atoms with van der Waals surface area (Å²) < 4.78 is 24.4. The van der Waals surface area contributed by atoms with Crippen molar-refractivity contribution in [2.45, 2.75) is 13.0 Å². The standard InChI is InChI=1S/C12H16FNO2S/c1-9(15)11-8-10(13)2-3-12(11)14-4-6-17(16)7-5-14/h2-3,8-9,15H,4-7H2,1H3/t9-/m1/s1. The number of nitrogens with zero attached hydrogens (tertiary/aromatic N) is 1. The molecule has 1 aromatic carbocycles. The van der Waals surface area contributed by atoms with Crippen LogP contribution in [0.3, 0.4) is 0 Å². The zero-order valence-electron chi connectivity index (χ0n) is 9.73. The van der Waals surface area contributed by atoms with Crippen molar-refractivity contribution in [2.75, 3.05) is 29.5 Å². The monoisotopic (exact) mass is 257 g/mol. The summed E-state index contributed by atoms with van der Waals surface area (Å²) in [4.78, 5) is 2.06. The highest BCUT2D eigenvalue weighted by Gasteiger charge is 2.19. The number of aliphatic hydroxyl groups is 1. The van der Waals surface area contributed by atoms with Crippen LogP contribution in [0.2, 0.25) is 0 Å². The van der Waals surface area contributed by atoms with E-state index in [1.54, 1.807) is 13.0 Å². The van der Waals surface area contributed by atoms with Crippen LogP contribution in [0.25, 0.3) is 0 Å². The SMILES string of the molecule is C[C@@H](O)c1cc(F)ccc1N1CCS(=O)CC1. The molecule has 0 aliphatic carbocycles. The van der Waals surface area contributed by atoms with Gasteiger partial charge in [0.25, 0.3) is 0 Å². The van der Waals surface area contributed by atoms with Gasteiger partial charge in [-0.15, -0.1) is 0 Å². The number of anilines is 1. The van der Waals surface area contributed by atoms with Gasteiger partial charge in [-0.05, 0) is 25.1 Å². The third-order valence-corrected chi connectivity index (χ3v) is 4.23. The average molecular weight is 257 g/mol. The van der Waals surface area contributed by atoms with Gasteiger partial charge in [0, 0.05) is 46.6 Å². The van der Waals surface area contributed by atoms with E-state index < -0.39 is 16.9 Å². The summed E-state index contributed by atoms with van der Waals surface area (Å²) in [6, 6.07) is 4.45. The molecule has 2 rings (SSSR count). The third kappa shape index (κ3) is 2.84. The van der Waals surface area contributed by atoms with Crippen LogP contribution >= 0.6 is 0 Å². The van der Waals surface area contributed by atoms with Crippen LogP contribution in [0.4, 0.5) is 10.1 Å². The maximum atomic E-state index is 13.2. The molecule has 1 saturated heterocycles. The molecule has 1 heterocycles. The fraction of sp³-hybridized carbons (Fsp3) is 0.500. The average Bonchev–Trinajstić information content (AvgIpc) is 2.30. The van der Waals surface area contributed by atoms with Crippen LogP contribution in [0, 0.1) is 5.82 Å². The van der Waals surface area contributed by atoms with Crippen LogP contribution in [-0.4, -0.2) is 33.9 Å². The Kier molecular flexibility index (Phi) is 3.79. The van der Waals surface area contributed by atoms with Crippen LogP contribution in [0.15, 0.2) is 18.2 Å². The molecule has 0 bridgehead atoms. The Morgan fingerprint density at radius 1 is 1.41 bits per heavy atom. The topological polar surface area (TPSA) is 40.5 Å². The summed E-state index contributed by atoms with van der Waals surface area (Å²) in [5.74, 6) is 0.929. The van der Waals surface area contributed by atoms with E-state index in [1.165, 1.54) is 12.1 Å². The van der Waals surface area contributed by atoms with E-state index in [0.29, 0.717) is 30.2 Å². The molecule has 3 nitrogen and oxygen atoms in total. The van der Waals surface area contributed by atoms with Gasteiger partial charge in [0.15, 0.2) is 0 Å². The molecule has 1 aliphatic rings. The molecule has 17 heavy (non-hydrogen) atoms. The fourth-order valence-electron chi connectivity index (χ4n) is 2.03. The first-order chi connectivity index (χ1) is 8.08. The van der Waals surface area contributed by atoms with Gasteiger partial charge in [0.1, 0.15) is 5.82 Å².